The standard InChI is InChI=1S/C16H18ClN3O/c1-2-20-10-12(17)8-15(20)16(21)19-14-5-3-4-11-9-18-7-6-13(11)14/h3-5,8,10,18H,2,6-7,9H2,1H3,(H,19,21). The summed E-state index contributed by atoms with van der Waals surface area (Å²) >= 11 is 6.00. The predicted octanol–water partition coefficient (Wildman–Crippen LogP) is 3.06. The van der Waals surface area contributed by atoms with Crippen LogP contribution in [0.1, 0.15) is 28.5 Å². The van der Waals surface area contributed by atoms with E-state index in [9.17, 15) is 4.79 Å². The Labute approximate surface area is 129 Å². The third kappa shape index (κ3) is 2.82. The number of carbonyl (C=O) groups is 1. The molecule has 3 rings (SSSR count). The van der Waals surface area contributed by atoms with E-state index >= 15 is 0 Å². The Hall–Kier alpha value is -1.78. The molecule has 0 aliphatic carbocycles. The average molecular weight is 304 g/mol. The Morgan fingerprint density at radius 1 is 1.48 bits per heavy atom. The fraction of sp³-hybridized carbons (Fsp3) is 0.312. The number of halogens is 1. The van der Waals surface area contributed by atoms with Crippen molar-refractivity contribution in [2.75, 3.05) is 11.9 Å². The first kappa shape index (κ1) is 14.2. The molecule has 0 spiro atoms. The van der Waals surface area contributed by atoms with Crippen LogP contribution in [0.15, 0.2) is 30.5 Å². The number of hydrogen-bond donors (Lipinski definition) is 2. The van der Waals surface area contributed by atoms with Crippen molar-refractivity contribution in [3.05, 3.63) is 52.3 Å². The Balaban J connectivity index is 1.88. The molecule has 1 aromatic carbocycles. The number of aromatic nitrogens is 1. The number of benzene rings is 1. The molecule has 21 heavy (non-hydrogen) atoms. The van der Waals surface area contributed by atoms with Gasteiger partial charge < -0.3 is 15.2 Å². The van der Waals surface area contributed by atoms with Gasteiger partial charge in [-0.2, -0.15) is 0 Å². The zero-order valence-electron chi connectivity index (χ0n) is 11.9. The van der Waals surface area contributed by atoms with E-state index in [1.165, 1.54) is 11.1 Å². The van der Waals surface area contributed by atoms with Gasteiger partial charge in [-0.25, -0.2) is 0 Å². The molecule has 0 saturated heterocycles. The molecule has 0 saturated carbocycles. The minimum absolute atomic E-state index is 0.115. The second-order valence-electron chi connectivity index (χ2n) is 5.15. The van der Waals surface area contributed by atoms with Crippen LogP contribution in [-0.4, -0.2) is 17.0 Å². The molecular weight excluding hydrogens is 286 g/mol. The molecule has 1 amide bonds. The van der Waals surface area contributed by atoms with Crippen LogP contribution < -0.4 is 10.6 Å². The largest absolute Gasteiger partial charge is 0.342 e. The zero-order chi connectivity index (χ0) is 14.8. The lowest BCUT2D eigenvalue weighted by atomic mass is 9.99. The third-order valence-corrected chi connectivity index (χ3v) is 4.03. The summed E-state index contributed by atoms with van der Waals surface area (Å²) in [6.45, 7) is 4.50. The van der Waals surface area contributed by atoms with Crippen LogP contribution in [0.4, 0.5) is 5.69 Å². The van der Waals surface area contributed by atoms with E-state index in [1.54, 1.807) is 12.3 Å². The first-order valence-corrected chi connectivity index (χ1v) is 7.55. The van der Waals surface area contributed by atoms with Crippen LogP contribution in [0.3, 0.4) is 0 Å². The SMILES string of the molecule is CCn1cc(Cl)cc1C(=O)Nc1cccc2c1CCNC2. The Kier molecular flexibility index (Phi) is 3.99. The number of nitrogens with zero attached hydrogens (tertiary/aromatic N) is 1. The second kappa shape index (κ2) is 5.92. The maximum Gasteiger partial charge on any atom is 0.272 e. The van der Waals surface area contributed by atoms with Gasteiger partial charge in [-0.1, -0.05) is 23.7 Å². The average Bonchev–Trinajstić information content (AvgIpc) is 2.89. The molecule has 1 aliphatic heterocycles. The summed E-state index contributed by atoms with van der Waals surface area (Å²) in [7, 11) is 0. The van der Waals surface area contributed by atoms with Gasteiger partial charge in [-0.3, -0.25) is 4.79 Å². The van der Waals surface area contributed by atoms with Crippen molar-refractivity contribution in [1.29, 1.82) is 0 Å². The van der Waals surface area contributed by atoms with Gasteiger partial charge in [-0.15, -0.1) is 0 Å². The van der Waals surface area contributed by atoms with E-state index in [0.717, 1.165) is 25.2 Å². The molecule has 2 N–H and O–H groups in total. The van der Waals surface area contributed by atoms with Crippen LogP contribution in [0, 0.1) is 0 Å². The van der Waals surface area contributed by atoms with Crippen molar-refractivity contribution >= 4 is 23.2 Å². The first-order valence-electron chi connectivity index (χ1n) is 7.17. The van der Waals surface area contributed by atoms with Crippen LogP contribution in [0.25, 0.3) is 0 Å². The highest BCUT2D eigenvalue weighted by molar-refractivity contribution is 6.31. The van der Waals surface area contributed by atoms with Crippen molar-refractivity contribution in [2.24, 2.45) is 0 Å². The van der Waals surface area contributed by atoms with Gasteiger partial charge >= 0.3 is 0 Å². The molecule has 2 aromatic rings. The normalized spacial score (nSPS) is 13.8. The van der Waals surface area contributed by atoms with Crippen LogP contribution in [-0.2, 0) is 19.5 Å². The number of rotatable bonds is 3. The summed E-state index contributed by atoms with van der Waals surface area (Å²) in [4.78, 5) is 12.5. The summed E-state index contributed by atoms with van der Waals surface area (Å²) in [5, 5.41) is 6.95. The van der Waals surface area contributed by atoms with Crippen molar-refractivity contribution in [3.8, 4) is 0 Å². The summed E-state index contributed by atoms with van der Waals surface area (Å²) < 4.78 is 1.86. The van der Waals surface area contributed by atoms with E-state index in [-0.39, 0.29) is 5.91 Å². The molecule has 1 aliphatic rings. The van der Waals surface area contributed by atoms with Crippen LogP contribution >= 0.6 is 11.6 Å². The molecule has 110 valence electrons. The summed E-state index contributed by atoms with van der Waals surface area (Å²) in [6, 6.07) is 7.75. The second-order valence-corrected chi connectivity index (χ2v) is 5.59. The molecule has 0 unspecified atom stereocenters. The van der Waals surface area contributed by atoms with E-state index in [1.807, 2.05) is 23.6 Å². The molecule has 5 heteroatoms. The van der Waals surface area contributed by atoms with Gasteiger partial charge in [0.1, 0.15) is 5.69 Å². The number of fused-ring (bicyclic) bond motifs is 1. The predicted molar refractivity (Wildman–Crippen MR) is 84.9 cm³/mol. The van der Waals surface area contributed by atoms with Gasteiger partial charge in [0, 0.05) is 25.0 Å². The number of hydrogen-bond acceptors (Lipinski definition) is 2. The number of nitrogens with one attached hydrogen (secondary N) is 2. The molecule has 0 atom stereocenters. The fourth-order valence-corrected chi connectivity index (χ4v) is 2.98. The zero-order valence-corrected chi connectivity index (χ0v) is 12.7. The van der Waals surface area contributed by atoms with Crippen molar-refractivity contribution in [2.45, 2.75) is 26.4 Å². The fourth-order valence-electron chi connectivity index (χ4n) is 2.76. The number of aryl methyl sites for hydroxylation is 1. The van der Waals surface area contributed by atoms with E-state index in [4.69, 9.17) is 11.6 Å². The molecule has 0 bridgehead atoms. The molecule has 0 radical (unpaired) electrons. The summed E-state index contributed by atoms with van der Waals surface area (Å²) in [5.74, 6) is -0.115. The molecular formula is C16H18ClN3O. The minimum Gasteiger partial charge on any atom is -0.342 e. The van der Waals surface area contributed by atoms with Gasteiger partial charge in [-0.05, 0) is 43.1 Å². The van der Waals surface area contributed by atoms with E-state index < -0.39 is 0 Å². The quantitative estimate of drug-likeness (QED) is 0.915. The van der Waals surface area contributed by atoms with E-state index in [2.05, 4.69) is 16.7 Å². The van der Waals surface area contributed by atoms with Gasteiger partial charge in [0.25, 0.3) is 5.91 Å². The highest BCUT2D eigenvalue weighted by atomic mass is 35.5. The molecule has 2 heterocycles. The van der Waals surface area contributed by atoms with Gasteiger partial charge in [0.05, 0.1) is 5.02 Å². The monoisotopic (exact) mass is 303 g/mol. The van der Waals surface area contributed by atoms with E-state index in [0.29, 0.717) is 17.3 Å². The Morgan fingerprint density at radius 2 is 2.33 bits per heavy atom. The molecule has 1 aromatic heterocycles. The topological polar surface area (TPSA) is 46.1 Å². The molecule has 0 fully saturated rings. The molecule has 4 nitrogen and oxygen atoms in total. The van der Waals surface area contributed by atoms with Gasteiger partial charge in [0.2, 0.25) is 0 Å². The number of amides is 1. The maximum absolute atomic E-state index is 12.5. The number of anilines is 1. The number of carbonyl (C=O) groups excluding carboxylic acids is 1. The van der Waals surface area contributed by atoms with Crippen LogP contribution in [0.5, 0.6) is 0 Å². The third-order valence-electron chi connectivity index (χ3n) is 3.82. The lowest BCUT2D eigenvalue weighted by Gasteiger charge is -2.20. The van der Waals surface area contributed by atoms with Gasteiger partial charge in [0.15, 0.2) is 0 Å². The summed E-state index contributed by atoms with van der Waals surface area (Å²) in [6.07, 6.45) is 2.71. The van der Waals surface area contributed by atoms with Crippen molar-refractivity contribution in [3.63, 3.8) is 0 Å². The highest BCUT2D eigenvalue weighted by Crippen LogP contribution is 2.24. The van der Waals surface area contributed by atoms with Crippen molar-refractivity contribution < 1.29 is 4.79 Å². The van der Waals surface area contributed by atoms with Crippen LogP contribution in [0.2, 0.25) is 5.02 Å². The first-order chi connectivity index (χ1) is 10.2. The smallest absolute Gasteiger partial charge is 0.272 e. The maximum atomic E-state index is 12.5. The van der Waals surface area contributed by atoms with Crippen molar-refractivity contribution in [1.82, 2.24) is 9.88 Å². The Morgan fingerprint density at radius 3 is 3.14 bits per heavy atom. The lowest BCUT2D eigenvalue weighted by molar-refractivity contribution is 0.101. The minimum atomic E-state index is -0.115. The highest BCUT2D eigenvalue weighted by Gasteiger charge is 2.17. The lowest BCUT2D eigenvalue weighted by Crippen LogP contribution is -2.25. The Bertz CT molecular complexity index is 678. The summed E-state index contributed by atoms with van der Waals surface area (Å²) in [5.41, 5.74) is 3.97.